The number of carboxylic acids is 2. The number of aliphatic hydroxyl groups is 1. The van der Waals surface area contributed by atoms with Crippen LogP contribution in [0.1, 0.15) is 58.1 Å². The molecule has 0 aliphatic heterocycles. The molecule has 0 aliphatic carbocycles. The molecule has 23 nitrogen and oxygen atoms in total. The first-order chi connectivity index (χ1) is 30.0. The second kappa shape index (κ2) is 25.7. The molecular formula is C41H57N9O14. The molecule has 8 amide bonds. The number of carbonyl (C=O) groups excluding carboxylic acids is 8. The normalized spacial score (nSPS) is 14.7. The van der Waals surface area contributed by atoms with Crippen LogP contribution in [0, 0.1) is 5.92 Å². The van der Waals surface area contributed by atoms with E-state index in [2.05, 4.69) is 31.9 Å². The summed E-state index contributed by atoms with van der Waals surface area (Å²) in [6.45, 7) is 4.67. The molecule has 0 unspecified atom stereocenters. The molecule has 2 aromatic rings. The largest absolute Gasteiger partial charge is 0.508 e. The smallest absolute Gasteiger partial charge is 0.322 e. The highest BCUT2D eigenvalue weighted by atomic mass is 16.4. The molecule has 0 fully saturated rings. The van der Waals surface area contributed by atoms with Gasteiger partial charge in [0.25, 0.3) is 0 Å². The maximum absolute atomic E-state index is 14.3. The lowest BCUT2D eigenvalue weighted by Gasteiger charge is -2.29. The first kappa shape index (κ1) is 53.0. The Morgan fingerprint density at radius 3 is 1.53 bits per heavy atom. The van der Waals surface area contributed by atoms with Crippen LogP contribution in [0.4, 0.5) is 0 Å². The van der Waals surface area contributed by atoms with E-state index in [0.29, 0.717) is 11.1 Å². The van der Waals surface area contributed by atoms with Crippen molar-refractivity contribution in [1.82, 2.24) is 37.2 Å². The SMILES string of the molecule is CC(C)[C@H](NC(=O)[C@H](Cc1ccc(O)cc1)NC(=O)[C@H](Cc1ccccc1)NC(=O)[C@@H](NC(=O)[C@H](CCC(N)=O)NC(=O)[C@H](C)N)[C@@H](C)O)C(=O)N[C@@H](CC(=O)O)C(=O)NCC(=O)O. The lowest BCUT2D eigenvalue weighted by Crippen LogP contribution is -2.62. The summed E-state index contributed by atoms with van der Waals surface area (Å²) in [6.07, 6.45) is -3.65. The van der Waals surface area contributed by atoms with Crippen LogP contribution in [0.25, 0.3) is 0 Å². The maximum Gasteiger partial charge on any atom is 0.322 e. The Morgan fingerprint density at radius 1 is 0.562 bits per heavy atom. The molecule has 0 spiro atoms. The van der Waals surface area contributed by atoms with Gasteiger partial charge in [-0.25, -0.2) is 0 Å². The van der Waals surface area contributed by atoms with Crippen molar-refractivity contribution in [3.63, 3.8) is 0 Å². The fourth-order valence-electron chi connectivity index (χ4n) is 5.91. The molecule has 23 heteroatoms. The first-order valence-electron chi connectivity index (χ1n) is 20.1. The third kappa shape index (κ3) is 18.5. The molecule has 0 aliphatic rings. The number of carboxylic acid groups (broad SMARTS) is 2. The van der Waals surface area contributed by atoms with E-state index in [0.717, 1.165) is 0 Å². The molecule has 0 saturated heterocycles. The van der Waals surface area contributed by atoms with Gasteiger partial charge in [-0.1, -0.05) is 56.3 Å². The highest BCUT2D eigenvalue weighted by Crippen LogP contribution is 2.14. The quantitative estimate of drug-likeness (QED) is 0.0434. The van der Waals surface area contributed by atoms with Crippen molar-refractivity contribution >= 4 is 59.2 Å². The van der Waals surface area contributed by atoms with E-state index in [1.807, 2.05) is 5.32 Å². The van der Waals surface area contributed by atoms with Gasteiger partial charge in [0.05, 0.1) is 18.6 Å². The monoisotopic (exact) mass is 899 g/mol. The maximum atomic E-state index is 14.3. The van der Waals surface area contributed by atoms with Crippen LogP contribution >= 0.6 is 0 Å². The van der Waals surface area contributed by atoms with Gasteiger partial charge in [0, 0.05) is 19.3 Å². The van der Waals surface area contributed by atoms with Gasteiger partial charge in [-0.15, -0.1) is 0 Å². The summed E-state index contributed by atoms with van der Waals surface area (Å²) in [7, 11) is 0. The molecule has 2 rings (SSSR count). The van der Waals surface area contributed by atoms with Gasteiger partial charge >= 0.3 is 11.9 Å². The van der Waals surface area contributed by atoms with Crippen LogP contribution in [0.5, 0.6) is 5.75 Å². The fraction of sp³-hybridized carbons (Fsp3) is 0.463. The molecule has 0 bridgehead atoms. The minimum absolute atomic E-state index is 0.116. The zero-order valence-electron chi connectivity index (χ0n) is 35.7. The number of aliphatic hydroxyl groups excluding tert-OH is 1. The van der Waals surface area contributed by atoms with Gasteiger partial charge in [-0.05, 0) is 49.4 Å². The molecule has 350 valence electrons. The lowest BCUT2D eigenvalue weighted by atomic mass is 9.99. The summed E-state index contributed by atoms with van der Waals surface area (Å²) in [6, 6.07) is 3.33. The molecule has 0 saturated carbocycles. The van der Waals surface area contributed by atoms with E-state index in [1.165, 1.54) is 52.0 Å². The Hall–Kier alpha value is -7.14. The van der Waals surface area contributed by atoms with E-state index in [-0.39, 0.29) is 31.4 Å². The summed E-state index contributed by atoms with van der Waals surface area (Å²) in [5, 5.41) is 55.3. The Bertz CT molecular complexity index is 1980. The number of nitrogens with one attached hydrogen (secondary N) is 7. The molecule has 15 N–H and O–H groups in total. The summed E-state index contributed by atoms with van der Waals surface area (Å²) in [5.41, 5.74) is 11.8. The van der Waals surface area contributed by atoms with Crippen molar-refractivity contribution in [3.05, 3.63) is 65.7 Å². The first-order valence-corrected chi connectivity index (χ1v) is 20.1. The number of carbonyl (C=O) groups is 10. The van der Waals surface area contributed by atoms with Crippen LogP contribution in [0.15, 0.2) is 54.6 Å². The third-order valence-electron chi connectivity index (χ3n) is 9.39. The van der Waals surface area contributed by atoms with Gasteiger partial charge in [0.2, 0.25) is 47.3 Å². The van der Waals surface area contributed by atoms with E-state index >= 15 is 0 Å². The Labute approximate surface area is 367 Å². The molecule has 2 aromatic carbocycles. The number of phenols is 1. The second-order valence-electron chi connectivity index (χ2n) is 15.3. The number of phenolic OH excluding ortho intramolecular Hbond substituents is 1. The lowest BCUT2D eigenvalue weighted by molar-refractivity contribution is -0.142. The summed E-state index contributed by atoms with van der Waals surface area (Å²) in [5.74, 6) is -11.5. The van der Waals surface area contributed by atoms with Crippen LogP contribution < -0.4 is 48.7 Å². The summed E-state index contributed by atoms with van der Waals surface area (Å²) < 4.78 is 0. The fourth-order valence-corrected chi connectivity index (χ4v) is 5.91. The average Bonchev–Trinajstić information content (AvgIpc) is 3.21. The topological polar surface area (TPSA) is 388 Å². The van der Waals surface area contributed by atoms with Crippen LogP contribution in [0.3, 0.4) is 0 Å². The second-order valence-corrected chi connectivity index (χ2v) is 15.3. The van der Waals surface area contributed by atoms with Gasteiger partial charge in [0.15, 0.2) is 0 Å². The standard InChI is InChI=1S/C41H57N9O14/c1-20(2)33(40(63)48-29(18-31(54)55)36(59)44-19-32(56)57)49-39(62)28(17-24-10-12-25(52)13-11-24)46-38(61)27(16-23-8-6-5-7-9-23)47-41(64)34(22(4)51)50-37(60)26(14-15-30(43)53)45-35(58)21(3)42/h5-13,20-22,26-29,33-34,51-52H,14-19,42H2,1-4H3,(H2,43,53)(H,44,59)(H,45,58)(H,46,61)(H,47,64)(H,48,63)(H,49,62)(H,50,60)(H,54,55)(H,56,57)/t21-,22+,26-,27-,28-,29-,33-,34-/m0/s1. The minimum Gasteiger partial charge on any atom is -0.508 e. The number of rotatable bonds is 26. The summed E-state index contributed by atoms with van der Waals surface area (Å²) >= 11 is 0. The van der Waals surface area contributed by atoms with E-state index in [1.54, 1.807) is 30.3 Å². The van der Waals surface area contributed by atoms with Crippen molar-refractivity contribution in [3.8, 4) is 5.75 Å². The predicted molar refractivity (Wildman–Crippen MR) is 225 cm³/mol. The Morgan fingerprint density at radius 2 is 1.03 bits per heavy atom. The van der Waals surface area contributed by atoms with Crippen molar-refractivity contribution in [1.29, 1.82) is 0 Å². The summed E-state index contributed by atoms with van der Waals surface area (Å²) in [4.78, 5) is 128. The Kier molecular flexibility index (Phi) is 21.3. The molecular weight excluding hydrogens is 842 g/mol. The van der Waals surface area contributed by atoms with E-state index in [9.17, 15) is 63.3 Å². The number of hydrogen-bond donors (Lipinski definition) is 13. The number of aromatic hydroxyl groups is 1. The number of hydrogen-bond acceptors (Lipinski definition) is 13. The third-order valence-corrected chi connectivity index (χ3v) is 9.39. The van der Waals surface area contributed by atoms with Crippen LogP contribution in [0.2, 0.25) is 0 Å². The molecule has 0 heterocycles. The number of aliphatic carboxylic acids is 2. The zero-order chi connectivity index (χ0) is 48.3. The zero-order valence-corrected chi connectivity index (χ0v) is 35.7. The molecule has 0 aromatic heterocycles. The van der Waals surface area contributed by atoms with Gasteiger partial charge in [0.1, 0.15) is 48.5 Å². The van der Waals surface area contributed by atoms with Crippen LogP contribution in [-0.4, -0.2) is 135 Å². The Balaban J connectivity index is 2.50. The predicted octanol–water partition coefficient (Wildman–Crippen LogP) is -3.59. The average molecular weight is 900 g/mol. The number of amides is 8. The van der Waals surface area contributed by atoms with Crippen molar-refractivity contribution in [2.75, 3.05) is 6.54 Å². The van der Waals surface area contributed by atoms with Gasteiger partial charge < -0.3 is 69.1 Å². The molecule has 64 heavy (non-hydrogen) atoms. The van der Waals surface area contributed by atoms with Crippen molar-refractivity contribution < 1.29 is 68.4 Å². The van der Waals surface area contributed by atoms with Gasteiger partial charge in [-0.2, -0.15) is 0 Å². The highest BCUT2D eigenvalue weighted by Gasteiger charge is 2.36. The number of nitrogens with two attached hydrogens (primary N) is 2. The van der Waals surface area contributed by atoms with E-state index in [4.69, 9.17) is 16.6 Å². The van der Waals surface area contributed by atoms with Crippen LogP contribution in [-0.2, 0) is 60.8 Å². The molecule has 8 atom stereocenters. The van der Waals surface area contributed by atoms with Crippen molar-refractivity contribution in [2.45, 2.75) is 108 Å². The number of primary amides is 1. The van der Waals surface area contributed by atoms with E-state index < -0.39 is 126 Å². The highest BCUT2D eigenvalue weighted by molar-refractivity contribution is 5.98. The minimum atomic E-state index is -1.75. The van der Waals surface area contributed by atoms with Crippen molar-refractivity contribution in [2.24, 2.45) is 17.4 Å². The van der Waals surface area contributed by atoms with Gasteiger partial charge in [-0.3, -0.25) is 47.9 Å². The molecule has 0 radical (unpaired) electrons. The number of benzene rings is 2.